The van der Waals surface area contributed by atoms with Gasteiger partial charge in [-0.15, -0.1) is 0 Å². The largest absolute Gasteiger partial charge is 0.475 e. The number of carbonyl (C=O) groups is 1. The molecule has 0 saturated carbocycles. The fourth-order valence-electron chi connectivity index (χ4n) is 1.53. The Labute approximate surface area is 93.3 Å². The lowest BCUT2D eigenvalue weighted by molar-refractivity contribution is -0.127. The Morgan fingerprint density at radius 3 is 2.71 bits per heavy atom. The van der Waals surface area contributed by atoms with Gasteiger partial charge >= 0.3 is 12.1 Å². The first-order valence-corrected chi connectivity index (χ1v) is 4.63. The van der Waals surface area contributed by atoms with Crippen LogP contribution in [0.25, 0.3) is 5.52 Å². The number of fused-ring (bicyclic) bond motifs is 1. The number of carboxylic acid groups (broad SMARTS) is 1. The molecule has 0 fully saturated rings. The lowest BCUT2D eigenvalue weighted by Gasteiger charge is -2.07. The summed E-state index contributed by atoms with van der Waals surface area (Å²) in [5.74, 6) is -1.59. The summed E-state index contributed by atoms with van der Waals surface area (Å²) in [6, 6.07) is 2.71. The van der Waals surface area contributed by atoms with Crippen molar-refractivity contribution in [2.24, 2.45) is 0 Å². The third-order valence-electron chi connectivity index (χ3n) is 2.18. The van der Waals surface area contributed by atoms with Crippen molar-refractivity contribution in [3.8, 4) is 0 Å². The van der Waals surface area contributed by atoms with Crippen molar-refractivity contribution in [3.63, 3.8) is 0 Å². The van der Waals surface area contributed by atoms with Crippen LogP contribution in [0.4, 0.5) is 13.2 Å². The van der Waals surface area contributed by atoms with Gasteiger partial charge in [0, 0.05) is 6.20 Å². The molecule has 0 spiro atoms. The van der Waals surface area contributed by atoms with Crippen LogP contribution in [0.5, 0.6) is 0 Å². The molecule has 0 atom stereocenters. The Bertz CT molecular complexity index is 574. The molecule has 2 aromatic heterocycles. The van der Waals surface area contributed by atoms with Crippen LogP contribution < -0.4 is 0 Å². The maximum atomic E-state index is 12.2. The summed E-state index contributed by atoms with van der Waals surface area (Å²) in [6.45, 7) is 0. The SMILES string of the molecule is O=C(O)c1ncc2ccc(CC(F)(F)F)cn12. The van der Waals surface area contributed by atoms with Gasteiger partial charge in [0.25, 0.3) is 0 Å². The zero-order chi connectivity index (χ0) is 12.6. The molecule has 7 heteroatoms. The van der Waals surface area contributed by atoms with Crippen LogP contribution in [-0.2, 0) is 6.42 Å². The molecule has 0 saturated heterocycles. The van der Waals surface area contributed by atoms with E-state index in [-0.39, 0.29) is 11.4 Å². The van der Waals surface area contributed by atoms with E-state index in [1.165, 1.54) is 18.3 Å². The molecule has 0 unspecified atom stereocenters. The molecule has 0 aromatic carbocycles. The minimum absolute atomic E-state index is 0.00880. The number of aromatic carboxylic acids is 1. The Morgan fingerprint density at radius 2 is 2.12 bits per heavy atom. The molecule has 1 N–H and O–H groups in total. The van der Waals surface area contributed by atoms with Crippen LogP contribution in [0, 0.1) is 0 Å². The van der Waals surface area contributed by atoms with Gasteiger partial charge in [0.2, 0.25) is 5.82 Å². The van der Waals surface area contributed by atoms with E-state index in [4.69, 9.17) is 5.11 Å². The van der Waals surface area contributed by atoms with E-state index in [0.29, 0.717) is 5.52 Å². The van der Waals surface area contributed by atoms with Crippen molar-refractivity contribution >= 4 is 11.5 Å². The highest BCUT2D eigenvalue weighted by atomic mass is 19.4. The van der Waals surface area contributed by atoms with Crippen molar-refractivity contribution < 1.29 is 23.1 Å². The van der Waals surface area contributed by atoms with Crippen LogP contribution in [0.3, 0.4) is 0 Å². The van der Waals surface area contributed by atoms with E-state index in [0.717, 1.165) is 10.6 Å². The summed E-state index contributed by atoms with van der Waals surface area (Å²) < 4.78 is 37.7. The van der Waals surface area contributed by atoms with Gasteiger partial charge in [-0.1, -0.05) is 6.07 Å². The van der Waals surface area contributed by atoms with E-state index in [1.54, 1.807) is 0 Å². The second-order valence-corrected chi connectivity index (χ2v) is 3.51. The Kier molecular flexibility index (Phi) is 2.53. The third-order valence-corrected chi connectivity index (χ3v) is 2.18. The van der Waals surface area contributed by atoms with Gasteiger partial charge in [0.1, 0.15) is 0 Å². The lowest BCUT2D eigenvalue weighted by Crippen LogP contribution is -2.12. The number of alkyl halides is 3. The van der Waals surface area contributed by atoms with Gasteiger partial charge in [-0.05, 0) is 11.6 Å². The minimum atomic E-state index is -4.32. The number of aromatic nitrogens is 2. The van der Waals surface area contributed by atoms with Crippen molar-refractivity contribution in [2.75, 3.05) is 0 Å². The van der Waals surface area contributed by atoms with Crippen molar-refractivity contribution in [2.45, 2.75) is 12.6 Å². The molecular formula is C10H7F3N2O2. The summed E-state index contributed by atoms with van der Waals surface area (Å²) in [4.78, 5) is 14.4. The van der Waals surface area contributed by atoms with Crippen LogP contribution in [-0.4, -0.2) is 26.6 Å². The van der Waals surface area contributed by atoms with Gasteiger partial charge < -0.3 is 5.11 Å². The summed E-state index contributed by atoms with van der Waals surface area (Å²) in [6.07, 6.45) is -2.99. The van der Waals surface area contributed by atoms with Crippen LogP contribution in [0.2, 0.25) is 0 Å². The first kappa shape index (κ1) is 11.4. The van der Waals surface area contributed by atoms with Gasteiger partial charge in [-0.2, -0.15) is 13.2 Å². The molecule has 90 valence electrons. The van der Waals surface area contributed by atoms with E-state index in [9.17, 15) is 18.0 Å². The van der Waals surface area contributed by atoms with Gasteiger partial charge in [-0.25, -0.2) is 9.78 Å². The fourth-order valence-corrected chi connectivity index (χ4v) is 1.53. The highest BCUT2D eigenvalue weighted by molar-refractivity contribution is 5.84. The smallest absolute Gasteiger partial charge is 0.393 e. The van der Waals surface area contributed by atoms with Gasteiger partial charge in [0.05, 0.1) is 18.1 Å². The molecule has 0 bridgehead atoms. The molecule has 2 aromatic rings. The molecule has 4 nitrogen and oxygen atoms in total. The first-order chi connectivity index (χ1) is 7.87. The molecule has 0 radical (unpaired) electrons. The maximum Gasteiger partial charge on any atom is 0.393 e. The van der Waals surface area contributed by atoms with Crippen molar-refractivity contribution in [1.29, 1.82) is 0 Å². The predicted octanol–water partition coefficient (Wildman–Crippen LogP) is 2.14. The number of carboxylic acids is 1. The molecule has 0 aliphatic rings. The number of nitrogens with zero attached hydrogens (tertiary/aromatic N) is 2. The number of hydrogen-bond acceptors (Lipinski definition) is 2. The van der Waals surface area contributed by atoms with Crippen LogP contribution in [0.15, 0.2) is 24.5 Å². The zero-order valence-corrected chi connectivity index (χ0v) is 8.40. The number of pyridine rings is 1. The normalized spacial score (nSPS) is 11.9. The van der Waals surface area contributed by atoms with Crippen molar-refractivity contribution in [3.05, 3.63) is 35.9 Å². The monoisotopic (exact) mass is 244 g/mol. The molecule has 17 heavy (non-hydrogen) atoms. The molecule has 0 aliphatic heterocycles. The Hall–Kier alpha value is -2.05. The lowest BCUT2D eigenvalue weighted by atomic mass is 10.2. The summed E-state index contributed by atoms with van der Waals surface area (Å²) in [7, 11) is 0. The third kappa shape index (κ3) is 2.38. The average Bonchev–Trinajstić information content (AvgIpc) is 2.57. The van der Waals surface area contributed by atoms with E-state index in [1.807, 2.05) is 0 Å². The average molecular weight is 244 g/mol. The molecular weight excluding hydrogens is 237 g/mol. The van der Waals surface area contributed by atoms with Gasteiger partial charge in [-0.3, -0.25) is 4.40 Å². The second-order valence-electron chi connectivity index (χ2n) is 3.51. The topological polar surface area (TPSA) is 54.6 Å². The Balaban J connectivity index is 2.48. The number of imidazole rings is 1. The minimum Gasteiger partial charge on any atom is -0.475 e. The zero-order valence-electron chi connectivity index (χ0n) is 8.40. The predicted molar refractivity (Wildman–Crippen MR) is 51.9 cm³/mol. The highest BCUT2D eigenvalue weighted by Crippen LogP contribution is 2.21. The van der Waals surface area contributed by atoms with E-state index < -0.39 is 18.6 Å². The maximum absolute atomic E-state index is 12.2. The van der Waals surface area contributed by atoms with Gasteiger partial charge in [0.15, 0.2) is 0 Å². The second kappa shape index (κ2) is 3.76. The molecule has 0 aliphatic carbocycles. The standard InChI is InChI=1S/C10H7F3N2O2/c11-10(12,13)3-6-1-2-7-4-14-8(9(16)17)15(7)5-6/h1-2,4-5H,3H2,(H,16,17). The van der Waals surface area contributed by atoms with Crippen LogP contribution >= 0.6 is 0 Å². The van der Waals surface area contributed by atoms with Crippen molar-refractivity contribution in [1.82, 2.24) is 9.38 Å². The number of halogens is 3. The highest BCUT2D eigenvalue weighted by Gasteiger charge is 2.28. The quantitative estimate of drug-likeness (QED) is 0.880. The number of rotatable bonds is 2. The summed E-state index contributed by atoms with van der Waals surface area (Å²) in [5, 5.41) is 8.79. The summed E-state index contributed by atoms with van der Waals surface area (Å²) >= 11 is 0. The van der Waals surface area contributed by atoms with E-state index >= 15 is 0 Å². The summed E-state index contributed by atoms with van der Waals surface area (Å²) in [5.41, 5.74) is 0.429. The molecule has 0 amide bonds. The van der Waals surface area contributed by atoms with E-state index in [2.05, 4.69) is 4.98 Å². The number of hydrogen-bond donors (Lipinski definition) is 1. The fraction of sp³-hybridized carbons (Fsp3) is 0.200. The Morgan fingerprint density at radius 1 is 1.41 bits per heavy atom. The first-order valence-electron chi connectivity index (χ1n) is 4.63. The molecule has 2 rings (SSSR count). The molecule has 2 heterocycles. The van der Waals surface area contributed by atoms with Crippen LogP contribution in [0.1, 0.15) is 16.2 Å².